The van der Waals surface area contributed by atoms with E-state index in [-0.39, 0.29) is 17.2 Å². The average molecular weight is 307 g/mol. The number of amides is 1. The van der Waals surface area contributed by atoms with Crippen LogP contribution in [0.25, 0.3) is 0 Å². The molecule has 0 atom stereocenters. The highest BCUT2D eigenvalue weighted by Crippen LogP contribution is 2.12. The number of rotatable bonds is 2. The number of carbonyl (C=O) groups is 1. The summed E-state index contributed by atoms with van der Waals surface area (Å²) >= 11 is 3.28. The number of carbonyl (C=O) groups excluding carboxylic acids is 1. The van der Waals surface area contributed by atoms with Gasteiger partial charge in [0.05, 0.1) is 0 Å². The molecule has 0 unspecified atom stereocenters. The Morgan fingerprint density at radius 3 is 2.61 bits per heavy atom. The summed E-state index contributed by atoms with van der Waals surface area (Å²) in [5.74, 6) is -0.300. The van der Waals surface area contributed by atoms with Gasteiger partial charge in [0.25, 0.3) is 11.5 Å². The molecule has 1 amide bonds. The van der Waals surface area contributed by atoms with Crippen molar-refractivity contribution in [2.24, 2.45) is 7.05 Å². The number of aryl methyl sites for hydroxylation is 1. The van der Waals surface area contributed by atoms with Crippen LogP contribution in [0.4, 0.5) is 5.69 Å². The van der Waals surface area contributed by atoms with Crippen molar-refractivity contribution in [1.29, 1.82) is 0 Å². The Bertz CT molecular complexity index is 635. The van der Waals surface area contributed by atoms with Crippen LogP contribution in [-0.4, -0.2) is 10.5 Å². The van der Waals surface area contributed by atoms with Crippen LogP contribution in [0, 0.1) is 0 Å². The van der Waals surface area contributed by atoms with E-state index < -0.39 is 0 Å². The fourth-order valence-electron chi connectivity index (χ4n) is 1.54. The lowest BCUT2D eigenvalue weighted by atomic mass is 10.2. The van der Waals surface area contributed by atoms with E-state index in [0.29, 0.717) is 5.56 Å². The normalized spacial score (nSPS) is 10.1. The van der Waals surface area contributed by atoms with Gasteiger partial charge in [-0.1, -0.05) is 18.2 Å². The third-order valence-corrected chi connectivity index (χ3v) is 2.87. The molecule has 1 aromatic carbocycles. The molecule has 5 heteroatoms. The van der Waals surface area contributed by atoms with Crippen molar-refractivity contribution in [1.82, 2.24) is 4.57 Å². The highest BCUT2D eigenvalue weighted by atomic mass is 79.9. The van der Waals surface area contributed by atoms with E-state index in [2.05, 4.69) is 21.2 Å². The van der Waals surface area contributed by atoms with Crippen LogP contribution in [0.5, 0.6) is 0 Å². The molecule has 0 aliphatic rings. The summed E-state index contributed by atoms with van der Waals surface area (Å²) in [6.07, 6.45) is 1.64. The van der Waals surface area contributed by atoms with Gasteiger partial charge >= 0.3 is 0 Å². The first-order valence-corrected chi connectivity index (χ1v) is 6.10. The molecule has 1 aromatic heterocycles. The molecule has 0 aliphatic carbocycles. The molecular weight excluding hydrogens is 296 g/mol. The van der Waals surface area contributed by atoms with Crippen LogP contribution in [-0.2, 0) is 7.05 Å². The van der Waals surface area contributed by atoms with Gasteiger partial charge in [-0.3, -0.25) is 9.59 Å². The zero-order valence-corrected chi connectivity index (χ0v) is 11.3. The maximum atomic E-state index is 11.9. The Hall–Kier alpha value is -1.88. The molecule has 0 bridgehead atoms. The summed E-state index contributed by atoms with van der Waals surface area (Å²) in [7, 11) is 1.63. The Labute approximate surface area is 112 Å². The SMILES string of the molecule is Cn1cc(Br)cc(NC(=O)c2ccccc2)c1=O. The third-order valence-electron chi connectivity index (χ3n) is 2.43. The van der Waals surface area contributed by atoms with Crippen LogP contribution in [0.1, 0.15) is 10.4 Å². The second-order valence-electron chi connectivity index (χ2n) is 3.81. The van der Waals surface area contributed by atoms with Crippen molar-refractivity contribution in [3.8, 4) is 0 Å². The molecule has 2 aromatic rings. The lowest BCUT2D eigenvalue weighted by molar-refractivity contribution is 0.102. The first-order valence-electron chi connectivity index (χ1n) is 5.30. The number of nitrogens with zero attached hydrogens (tertiary/aromatic N) is 1. The van der Waals surface area contributed by atoms with E-state index >= 15 is 0 Å². The quantitative estimate of drug-likeness (QED) is 0.926. The Morgan fingerprint density at radius 2 is 1.94 bits per heavy atom. The van der Waals surface area contributed by atoms with Gasteiger partial charge < -0.3 is 9.88 Å². The summed E-state index contributed by atoms with van der Waals surface area (Å²) in [4.78, 5) is 23.7. The molecule has 0 spiro atoms. The monoisotopic (exact) mass is 306 g/mol. The Balaban J connectivity index is 2.31. The topological polar surface area (TPSA) is 51.1 Å². The molecule has 0 aliphatic heterocycles. The number of hydrogen-bond acceptors (Lipinski definition) is 2. The van der Waals surface area contributed by atoms with E-state index in [9.17, 15) is 9.59 Å². The molecule has 18 heavy (non-hydrogen) atoms. The molecule has 4 nitrogen and oxygen atoms in total. The van der Waals surface area contributed by atoms with E-state index in [1.54, 1.807) is 43.6 Å². The molecule has 0 fully saturated rings. The molecule has 0 saturated carbocycles. The van der Waals surface area contributed by atoms with Gasteiger partial charge in [0.1, 0.15) is 5.69 Å². The molecule has 1 N–H and O–H groups in total. The van der Waals surface area contributed by atoms with Gasteiger partial charge in [-0.05, 0) is 34.1 Å². The zero-order chi connectivity index (χ0) is 13.1. The molecule has 1 heterocycles. The van der Waals surface area contributed by atoms with Crippen molar-refractivity contribution in [2.45, 2.75) is 0 Å². The number of halogens is 1. The largest absolute Gasteiger partial charge is 0.317 e. The second kappa shape index (κ2) is 5.18. The van der Waals surface area contributed by atoms with E-state index in [1.165, 1.54) is 4.57 Å². The second-order valence-corrected chi connectivity index (χ2v) is 4.72. The predicted molar refractivity (Wildman–Crippen MR) is 73.8 cm³/mol. The van der Waals surface area contributed by atoms with Crippen molar-refractivity contribution >= 4 is 27.5 Å². The highest BCUT2D eigenvalue weighted by molar-refractivity contribution is 9.10. The van der Waals surface area contributed by atoms with E-state index in [1.807, 2.05) is 6.07 Å². The van der Waals surface area contributed by atoms with Gasteiger partial charge in [0.15, 0.2) is 0 Å². The lowest BCUT2D eigenvalue weighted by Crippen LogP contribution is -2.23. The number of hydrogen-bond donors (Lipinski definition) is 1. The molecular formula is C13H11BrN2O2. The van der Waals surface area contributed by atoms with Crippen LogP contribution < -0.4 is 10.9 Å². The van der Waals surface area contributed by atoms with E-state index in [4.69, 9.17) is 0 Å². The molecule has 0 saturated heterocycles. The summed E-state index contributed by atoms with van der Waals surface area (Å²) in [5.41, 5.74) is 0.516. The molecule has 2 rings (SSSR count). The standard InChI is InChI=1S/C13H11BrN2O2/c1-16-8-10(14)7-11(13(16)18)15-12(17)9-5-3-2-4-6-9/h2-8H,1H3,(H,15,17). The van der Waals surface area contributed by atoms with Crippen molar-refractivity contribution in [2.75, 3.05) is 5.32 Å². The van der Waals surface area contributed by atoms with Crippen molar-refractivity contribution in [3.05, 3.63) is 63.0 Å². The minimum atomic E-state index is -0.300. The number of benzene rings is 1. The van der Waals surface area contributed by atoms with Gasteiger partial charge in [-0.15, -0.1) is 0 Å². The first kappa shape index (κ1) is 12.6. The number of aromatic nitrogens is 1. The highest BCUT2D eigenvalue weighted by Gasteiger charge is 2.09. The van der Waals surface area contributed by atoms with Gasteiger partial charge in [-0.25, -0.2) is 0 Å². The van der Waals surface area contributed by atoms with Crippen LogP contribution in [0.2, 0.25) is 0 Å². The summed E-state index contributed by atoms with van der Waals surface area (Å²) in [6, 6.07) is 10.3. The van der Waals surface area contributed by atoms with Crippen molar-refractivity contribution in [3.63, 3.8) is 0 Å². The van der Waals surface area contributed by atoms with Gasteiger partial charge in [0.2, 0.25) is 0 Å². The summed E-state index contributed by atoms with van der Waals surface area (Å²) in [6.45, 7) is 0. The summed E-state index contributed by atoms with van der Waals surface area (Å²) < 4.78 is 2.14. The molecule has 0 radical (unpaired) electrons. The van der Waals surface area contributed by atoms with E-state index in [0.717, 1.165) is 4.47 Å². The smallest absolute Gasteiger partial charge is 0.274 e. The zero-order valence-electron chi connectivity index (χ0n) is 9.68. The van der Waals surface area contributed by atoms with Gasteiger partial charge in [-0.2, -0.15) is 0 Å². The maximum absolute atomic E-state index is 11.9. The summed E-state index contributed by atoms with van der Waals surface area (Å²) in [5, 5.41) is 2.61. The van der Waals surface area contributed by atoms with Crippen LogP contribution >= 0.6 is 15.9 Å². The minimum Gasteiger partial charge on any atom is -0.317 e. The van der Waals surface area contributed by atoms with Crippen LogP contribution in [0.3, 0.4) is 0 Å². The number of pyridine rings is 1. The lowest BCUT2D eigenvalue weighted by Gasteiger charge is -2.07. The average Bonchev–Trinajstić information content (AvgIpc) is 2.36. The Morgan fingerprint density at radius 1 is 1.28 bits per heavy atom. The maximum Gasteiger partial charge on any atom is 0.274 e. The fraction of sp³-hybridized carbons (Fsp3) is 0.0769. The third kappa shape index (κ3) is 2.68. The van der Waals surface area contributed by atoms with Gasteiger partial charge in [0, 0.05) is 23.3 Å². The fourth-order valence-corrected chi connectivity index (χ4v) is 2.08. The van der Waals surface area contributed by atoms with Crippen LogP contribution in [0.15, 0.2) is 51.9 Å². The Kier molecular flexibility index (Phi) is 3.62. The minimum absolute atomic E-state index is 0.248. The molecule has 92 valence electrons. The number of anilines is 1. The van der Waals surface area contributed by atoms with Crippen molar-refractivity contribution < 1.29 is 4.79 Å². The first-order chi connectivity index (χ1) is 8.58. The number of nitrogens with one attached hydrogen (secondary N) is 1. The predicted octanol–water partition coefficient (Wildman–Crippen LogP) is 2.40.